The lowest BCUT2D eigenvalue weighted by molar-refractivity contribution is 0.00578. The maximum Gasteiger partial charge on any atom is 0.494 e. The summed E-state index contributed by atoms with van der Waals surface area (Å²) in [4.78, 5) is 0. The minimum absolute atomic E-state index is 0.398. The molecule has 150 valence electrons. The number of rotatable bonds is 3. The van der Waals surface area contributed by atoms with Crippen molar-refractivity contribution in [1.29, 1.82) is 5.26 Å². The SMILES string of the molecule is Cc1cc(B2OC(C)(C)C(C)(C)O2)cc(CB2OC(C)(C)C(C)(C)O2)c1C#N. The fourth-order valence-electron chi connectivity index (χ4n) is 3.55. The van der Waals surface area contributed by atoms with Crippen molar-refractivity contribution in [2.45, 2.75) is 91.0 Å². The van der Waals surface area contributed by atoms with Crippen molar-refractivity contribution in [2.24, 2.45) is 0 Å². The zero-order valence-corrected chi connectivity index (χ0v) is 18.6. The van der Waals surface area contributed by atoms with Gasteiger partial charge in [-0.2, -0.15) is 5.26 Å². The maximum atomic E-state index is 9.71. The number of hydrogen-bond acceptors (Lipinski definition) is 5. The first kappa shape index (κ1) is 21.4. The molecule has 0 spiro atoms. The maximum absolute atomic E-state index is 9.71. The molecule has 5 nitrogen and oxygen atoms in total. The molecule has 0 N–H and O–H groups in total. The molecule has 0 saturated carbocycles. The van der Waals surface area contributed by atoms with Gasteiger partial charge in [-0.3, -0.25) is 0 Å². The summed E-state index contributed by atoms with van der Waals surface area (Å²) in [6.45, 7) is 18.2. The minimum atomic E-state index is -0.464. The second-order valence-corrected chi connectivity index (χ2v) is 9.96. The molecule has 1 aromatic rings. The average Bonchev–Trinajstić information content (AvgIpc) is 2.86. The van der Waals surface area contributed by atoms with Crippen molar-refractivity contribution in [2.75, 3.05) is 0 Å². The minimum Gasteiger partial charge on any atom is -0.403 e. The quantitative estimate of drug-likeness (QED) is 0.750. The highest BCUT2D eigenvalue weighted by Gasteiger charge is 2.53. The lowest BCUT2D eigenvalue weighted by atomic mass is 9.72. The van der Waals surface area contributed by atoms with Crippen LogP contribution in [-0.4, -0.2) is 36.6 Å². The van der Waals surface area contributed by atoms with E-state index in [-0.39, 0.29) is 0 Å². The van der Waals surface area contributed by atoms with Gasteiger partial charge in [-0.1, -0.05) is 12.1 Å². The molecule has 2 aliphatic rings. The third-order valence-corrected chi connectivity index (χ3v) is 6.77. The Balaban J connectivity index is 1.92. The van der Waals surface area contributed by atoms with Gasteiger partial charge in [0.15, 0.2) is 0 Å². The molecule has 2 fully saturated rings. The highest BCUT2D eigenvalue weighted by Crippen LogP contribution is 2.38. The van der Waals surface area contributed by atoms with Crippen LogP contribution in [0.2, 0.25) is 0 Å². The third-order valence-electron chi connectivity index (χ3n) is 6.77. The van der Waals surface area contributed by atoms with E-state index in [1.165, 1.54) is 0 Å². The molecule has 0 aromatic heterocycles. The summed E-state index contributed by atoms with van der Waals surface area (Å²) in [6.07, 6.45) is 0.504. The van der Waals surface area contributed by atoms with Crippen LogP contribution < -0.4 is 5.46 Å². The van der Waals surface area contributed by atoms with Crippen LogP contribution in [0.15, 0.2) is 12.1 Å². The summed E-state index contributed by atoms with van der Waals surface area (Å²) < 4.78 is 24.7. The number of aryl methyl sites for hydroxylation is 1. The molecule has 0 radical (unpaired) electrons. The fourth-order valence-corrected chi connectivity index (χ4v) is 3.55. The molecular weight excluding hydrogens is 352 g/mol. The van der Waals surface area contributed by atoms with E-state index in [0.717, 1.165) is 16.6 Å². The standard InChI is InChI=1S/C21H31B2NO4/c1-14-10-16(23-27-20(6,7)21(8,9)28-23)11-15(17(14)13-24)12-22-25-18(2,3)19(4,5)26-22/h10-11H,12H2,1-9H3. The van der Waals surface area contributed by atoms with Crippen LogP contribution in [0.5, 0.6) is 0 Å². The van der Waals surface area contributed by atoms with E-state index in [4.69, 9.17) is 18.6 Å². The Bertz CT molecular complexity index is 794. The molecule has 1 aromatic carbocycles. The lowest BCUT2D eigenvalue weighted by Gasteiger charge is -2.32. The molecule has 3 rings (SSSR count). The van der Waals surface area contributed by atoms with E-state index in [0.29, 0.717) is 11.9 Å². The Labute approximate surface area is 170 Å². The Kier molecular flexibility index (Phi) is 5.04. The van der Waals surface area contributed by atoms with Gasteiger partial charge in [0.2, 0.25) is 0 Å². The van der Waals surface area contributed by atoms with Gasteiger partial charge >= 0.3 is 14.2 Å². The van der Waals surface area contributed by atoms with E-state index in [1.807, 2.05) is 74.4 Å². The molecular formula is C21H31B2NO4. The highest BCUT2D eigenvalue weighted by atomic mass is 16.7. The van der Waals surface area contributed by atoms with Gasteiger partial charge in [-0.05, 0) is 78.9 Å². The highest BCUT2D eigenvalue weighted by molar-refractivity contribution is 6.62. The van der Waals surface area contributed by atoms with E-state index < -0.39 is 36.6 Å². The van der Waals surface area contributed by atoms with Crippen LogP contribution in [0.25, 0.3) is 0 Å². The van der Waals surface area contributed by atoms with E-state index in [9.17, 15) is 5.26 Å². The summed E-state index contributed by atoms with van der Waals surface area (Å²) >= 11 is 0. The van der Waals surface area contributed by atoms with Crippen molar-refractivity contribution < 1.29 is 18.6 Å². The number of benzene rings is 1. The molecule has 0 amide bonds. The monoisotopic (exact) mass is 383 g/mol. The van der Waals surface area contributed by atoms with Crippen LogP contribution >= 0.6 is 0 Å². The van der Waals surface area contributed by atoms with Crippen LogP contribution in [0.4, 0.5) is 0 Å². The number of nitrogens with zero attached hydrogens (tertiary/aromatic N) is 1. The van der Waals surface area contributed by atoms with Gasteiger partial charge < -0.3 is 18.6 Å². The predicted octanol–water partition coefficient (Wildman–Crippen LogP) is 3.34. The molecule has 0 bridgehead atoms. The molecule has 0 unspecified atom stereocenters. The third kappa shape index (κ3) is 3.52. The Morgan fingerprint density at radius 2 is 1.29 bits per heavy atom. The normalized spacial score (nSPS) is 24.4. The van der Waals surface area contributed by atoms with E-state index in [1.54, 1.807) is 0 Å². The first-order valence-corrected chi connectivity index (χ1v) is 9.94. The molecule has 7 heteroatoms. The van der Waals surface area contributed by atoms with Crippen LogP contribution in [0, 0.1) is 18.3 Å². The van der Waals surface area contributed by atoms with Gasteiger partial charge in [-0.15, -0.1) is 0 Å². The van der Waals surface area contributed by atoms with Crippen molar-refractivity contribution in [3.8, 4) is 6.07 Å². The molecule has 28 heavy (non-hydrogen) atoms. The van der Waals surface area contributed by atoms with Crippen molar-refractivity contribution >= 4 is 19.7 Å². The lowest BCUT2D eigenvalue weighted by Crippen LogP contribution is -2.41. The average molecular weight is 383 g/mol. The van der Waals surface area contributed by atoms with E-state index >= 15 is 0 Å². The first-order chi connectivity index (χ1) is 12.7. The first-order valence-electron chi connectivity index (χ1n) is 9.94. The Morgan fingerprint density at radius 1 is 0.821 bits per heavy atom. The fraction of sp³-hybridized carbons (Fsp3) is 0.667. The van der Waals surface area contributed by atoms with E-state index in [2.05, 4.69) is 6.07 Å². The summed E-state index contributed by atoms with van der Waals surface area (Å²) in [5.74, 6) is 0. The van der Waals surface area contributed by atoms with Gasteiger partial charge in [0.05, 0.1) is 34.0 Å². The summed E-state index contributed by atoms with van der Waals surface area (Å²) in [7, 11) is -0.862. The van der Waals surface area contributed by atoms with Crippen molar-refractivity contribution in [3.05, 3.63) is 28.8 Å². The smallest absolute Gasteiger partial charge is 0.403 e. The number of nitriles is 1. The zero-order chi connectivity index (χ0) is 21.1. The van der Waals surface area contributed by atoms with Gasteiger partial charge in [-0.25, -0.2) is 0 Å². The Hall–Kier alpha value is -1.32. The van der Waals surface area contributed by atoms with Gasteiger partial charge in [0, 0.05) is 6.32 Å². The molecule has 0 atom stereocenters. The molecule has 2 saturated heterocycles. The second kappa shape index (κ2) is 6.60. The Morgan fingerprint density at radius 3 is 1.75 bits per heavy atom. The topological polar surface area (TPSA) is 60.7 Å². The second-order valence-electron chi connectivity index (χ2n) is 9.96. The van der Waals surface area contributed by atoms with Crippen molar-refractivity contribution in [3.63, 3.8) is 0 Å². The van der Waals surface area contributed by atoms with Gasteiger partial charge in [0.1, 0.15) is 0 Å². The molecule has 2 aliphatic heterocycles. The van der Waals surface area contributed by atoms with Crippen molar-refractivity contribution in [1.82, 2.24) is 0 Å². The van der Waals surface area contributed by atoms with Gasteiger partial charge in [0.25, 0.3) is 0 Å². The van der Waals surface area contributed by atoms with Crippen LogP contribution in [0.1, 0.15) is 72.1 Å². The summed E-state index contributed by atoms with van der Waals surface area (Å²) in [5, 5.41) is 9.71. The summed E-state index contributed by atoms with van der Waals surface area (Å²) in [6, 6.07) is 6.32. The van der Waals surface area contributed by atoms with Crippen LogP contribution in [0.3, 0.4) is 0 Å². The predicted molar refractivity (Wildman–Crippen MR) is 111 cm³/mol. The zero-order valence-electron chi connectivity index (χ0n) is 18.6. The number of hydrogen-bond donors (Lipinski definition) is 0. The largest absolute Gasteiger partial charge is 0.494 e. The molecule has 2 heterocycles. The molecule has 0 aliphatic carbocycles. The van der Waals surface area contributed by atoms with Crippen LogP contribution in [-0.2, 0) is 24.9 Å². The summed E-state index contributed by atoms with van der Waals surface area (Å²) in [5.41, 5.74) is 1.76.